The number of aliphatic hydroxyl groups excluding tert-OH is 2. The normalized spacial score (nSPS) is 13.4. The fraction of sp³-hybridized carbons (Fsp3) is 0.773. The molecular weight excluding hydrogens is 624 g/mol. The van der Waals surface area contributed by atoms with Crippen LogP contribution in [0.15, 0.2) is 48.6 Å². The molecule has 0 rings (SSSR count). The topological polar surface area (TPSA) is 93.1 Å². The number of aliphatic hydroxyl groups is 2. The Labute approximate surface area is 308 Å². The molecule has 0 aromatic heterocycles. The number of esters is 2. The molecule has 6 heteroatoms. The minimum Gasteiger partial charge on any atom is -0.463 e. The summed E-state index contributed by atoms with van der Waals surface area (Å²) in [4.78, 5) is 23.9. The van der Waals surface area contributed by atoms with Crippen molar-refractivity contribution in [2.24, 2.45) is 5.92 Å². The monoisotopic (exact) mass is 703 g/mol. The lowest BCUT2D eigenvalue weighted by Gasteiger charge is -2.12. The SMILES string of the molecule is CCCCC/C=C\C/C=C\CC(O)/C=C\C=C\CCCC(=O)OC[C@@H](O)COC(=O)CCCCCCCCCCCCCCCCCC(C)C. The third kappa shape index (κ3) is 38.6. The second-order valence-electron chi connectivity index (χ2n) is 14.4. The summed E-state index contributed by atoms with van der Waals surface area (Å²) in [5.74, 6) is 0.161. The summed E-state index contributed by atoms with van der Waals surface area (Å²) in [7, 11) is 0. The second kappa shape index (κ2) is 38.1. The van der Waals surface area contributed by atoms with Crippen LogP contribution in [0.5, 0.6) is 0 Å². The Balaban J connectivity index is 3.58. The lowest BCUT2D eigenvalue weighted by atomic mass is 10.0. The molecule has 0 heterocycles. The second-order valence-corrected chi connectivity index (χ2v) is 14.4. The van der Waals surface area contributed by atoms with Gasteiger partial charge in [-0.3, -0.25) is 9.59 Å². The third-order valence-electron chi connectivity index (χ3n) is 8.83. The number of rotatable bonds is 36. The molecule has 0 aromatic carbocycles. The van der Waals surface area contributed by atoms with Crippen LogP contribution < -0.4 is 0 Å². The number of hydrogen-bond acceptors (Lipinski definition) is 6. The van der Waals surface area contributed by atoms with Gasteiger partial charge in [-0.2, -0.15) is 0 Å². The quantitative estimate of drug-likeness (QED) is 0.0292. The molecule has 0 saturated carbocycles. The van der Waals surface area contributed by atoms with E-state index in [0.717, 1.165) is 38.0 Å². The van der Waals surface area contributed by atoms with Crippen molar-refractivity contribution in [2.75, 3.05) is 13.2 Å². The molecule has 0 aromatic rings. The Morgan fingerprint density at radius 3 is 1.62 bits per heavy atom. The summed E-state index contributed by atoms with van der Waals surface area (Å²) >= 11 is 0. The Hall–Kier alpha value is -2.18. The van der Waals surface area contributed by atoms with Crippen LogP contribution in [0.25, 0.3) is 0 Å². The number of carbonyl (C=O) groups is 2. The van der Waals surface area contributed by atoms with E-state index < -0.39 is 12.2 Å². The lowest BCUT2D eigenvalue weighted by Crippen LogP contribution is -2.25. The average molecular weight is 703 g/mol. The van der Waals surface area contributed by atoms with Crippen LogP contribution in [0.4, 0.5) is 0 Å². The van der Waals surface area contributed by atoms with E-state index in [1.807, 2.05) is 24.3 Å². The lowest BCUT2D eigenvalue weighted by molar-refractivity contribution is -0.152. The van der Waals surface area contributed by atoms with Gasteiger partial charge in [0.25, 0.3) is 0 Å². The molecule has 0 bridgehead atoms. The zero-order chi connectivity index (χ0) is 36.8. The van der Waals surface area contributed by atoms with E-state index in [1.54, 1.807) is 6.08 Å². The molecular formula is C44H78O6. The average Bonchev–Trinajstić information content (AvgIpc) is 3.09. The van der Waals surface area contributed by atoms with Gasteiger partial charge in [-0.05, 0) is 50.9 Å². The first-order chi connectivity index (χ1) is 24.3. The van der Waals surface area contributed by atoms with Gasteiger partial charge in [-0.15, -0.1) is 0 Å². The smallest absolute Gasteiger partial charge is 0.305 e. The Kier molecular flexibility index (Phi) is 36.4. The van der Waals surface area contributed by atoms with E-state index in [0.29, 0.717) is 25.7 Å². The van der Waals surface area contributed by atoms with Gasteiger partial charge in [-0.25, -0.2) is 0 Å². The predicted molar refractivity (Wildman–Crippen MR) is 211 cm³/mol. The number of allylic oxidation sites excluding steroid dienone is 6. The van der Waals surface area contributed by atoms with Gasteiger partial charge in [0.15, 0.2) is 0 Å². The van der Waals surface area contributed by atoms with Crippen LogP contribution in [-0.4, -0.2) is 47.6 Å². The maximum atomic E-state index is 12.0. The van der Waals surface area contributed by atoms with Crippen LogP contribution in [-0.2, 0) is 19.1 Å². The van der Waals surface area contributed by atoms with Gasteiger partial charge in [0, 0.05) is 12.8 Å². The minimum absolute atomic E-state index is 0.155. The molecule has 0 aliphatic heterocycles. The van der Waals surface area contributed by atoms with Crippen LogP contribution >= 0.6 is 0 Å². The van der Waals surface area contributed by atoms with Crippen molar-refractivity contribution in [3.63, 3.8) is 0 Å². The third-order valence-corrected chi connectivity index (χ3v) is 8.83. The molecule has 0 fully saturated rings. The molecule has 1 unspecified atom stereocenters. The van der Waals surface area contributed by atoms with Crippen molar-refractivity contribution < 1.29 is 29.3 Å². The van der Waals surface area contributed by atoms with Gasteiger partial charge in [0.05, 0.1) is 6.10 Å². The molecule has 0 spiro atoms. The molecule has 50 heavy (non-hydrogen) atoms. The standard InChI is InChI=1S/C44H78O6/c1-4-5-6-7-8-16-20-24-29-34-41(45)35-30-25-22-27-32-37-44(48)50-39-42(46)38-49-43(47)36-31-26-21-18-15-13-11-9-10-12-14-17-19-23-28-33-40(2)3/h8,16,22,24-25,29-30,35,40-42,45-46H,4-7,9-15,17-21,23,26-28,31-34,36-39H2,1-3H3/b16-8-,25-22+,29-24-,35-30-/t41?,42-/m0/s1. The van der Waals surface area contributed by atoms with Gasteiger partial charge in [0.1, 0.15) is 19.3 Å². The van der Waals surface area contributed by atoms with E-state index in [-0.39, 0.29) is 31.6 Å². The maximum absolute atomic E-state index is 12.0. The molecule has 0 saturated heterocycles. The molecule has 2 N–H and O–H groups in total. The zero-order valence-corrected chi connectivity index (χ0v) is 32.7. The highest BCUT2D eigenvalue weighted by Gasteiger charge is 2.12. The predicted octanol–water partition coefficient (Wildman–Crippen LogP) is 11.8. The number of hydrogen-bond donors (Lipinski definition) is 2. The highest BCUT2D eigenvalue weighted by atomic mass is 16.6. The molecule has 290 valence electrons. The number of carbonyl (C=O) groups excluding carboxylic acids is 2. The van der Waals surface area contributed by atoms with Gasteiger partial charge in [0.2, 0.25) is 0 Å². The van der Waals surface area contributed by atoms with Crippen molar-refractivity contribution in [2.45, 2.75) is 200 Å². The fourth-order valence-corrected chi connectivity index (χ4v) is 5.64. The van der Waals surface area contributed by atoms with Crippen molar-refractivity contribution in [1.29, 1.82) is 0 Å². The summed E-state index contributed by atoms with van der Waals surface area (Å²) in [6, 6.07) is 0. The van der Waals surface area contributed by atoms with Crippen molar-refractivity contribution in [3.8, 4) is 0 Å². The molecule has 0 radical (unpaired) electrons. The first-order valence-electron chi connectivity index (χ1n) is 20.7. The maximum Gasteiger partial charge on any atom is 0.305 e. The van der Waals surface area contributed by atoms with E-state index in [9.17, 15) is 19.8 Å². The summed E-state index contributed by atoms with van der Waals surface area (Å²) in [5.41, 5.74) is 0. The van der Waals surface area contributed by atoms with E-state index in [2.05, 4.69) is 39.0 Å². The number of unbranched alkanes of at least 4 members (excludes halogenated alkanes) is 18. The van der Waals surface area contributed by atoms with Gasteiger partial charge >= 0.3 is 11.9 Å². The Morgan fingerprint density at radius 1 is 0.560 bits per heavy atom. The van der Waals surface area contributed by atoms with E-state index >= 15 is 0 Å². The largest absolute Gasteiger partial charge is 0.463 e. The van der Waals surface area contributed by atoms with Crippen molar-refractivity contribution >= 4 is 11.9 Å². The summed E-state index contributed by atoms with van der Waals surface area (Å²) < 4.78 is 10.3. The van der Waals surface area contributed by atoms with Crippen LogP contribution in [0.1, 0.15) is 188 Å². The summed E-state index contributed by atoms with van der Waals surface area (Å²) in [6.45, 7) is 6.51. The fourth-order valence-electron chi connectivity index (χ4n) is 5.64. The van der Waals surface area contributed by atoms with E-state index in [1.165, 1.54) is 103 Å². The first kappa shape index (κ1) is 47.8. The van der Waals surface area contributed by atoms with Crippen LogP contribution in [0, 0.1) is 5.92 Å². The molecule has 2 atom stereocenters. The zero-order valence-electron chi connectivity index (χ0n) is 32.7. The van der Waals surface area contributed by atoms with Crippen molar-refractivity contribution in [3.05, 3.63) is 48.6 Å². The molecule has 0 amide bonds. The molecule has 6 nitrogen and oxygen atoms in total. The van der Waals surface area contributed by atoms with Gasteiger partial charge < -0.3 is 19.7 Å². The van der Waals surface area contributed by atoms with Crippen LogP contribution in [0.2, 0.25) is 0 Å². The minimum atomic E-state index is -1.01. The first-order valence-corrected chi connectivity index (χ1v) is 20.7. The summed E-state index contributed by atoms with van der Waals surface area (Å²) in [6.07, 6.45) is 43.4. The number of ether oxygens (including phenoxy) is 2. The van der Waals surface area contributed by atoms with Crippen LogP contribution in [0.3, 0.4) is 0 Å². The Morgan fingerprint density at radius 2 is 1.06 bits per heavy atom. The van der Waals surface area contributed by atoms with Gasteiger partial charge in [-0.1, -0.05) is 179 Å². The van der Waals surface area contributed by atoms with Crippen molar-refractivity contribution in [1.82, 2.24) is 0 Å². The molecule has 0 aliphatic rings. The summed E-state index contributed by atoms with van der Waals surface area (Å²) in [5, 5.41) is 20.0. The highest BCUT2D eigenvalue weighted by molar-refractivity contribution is 5.69. The van der Waals surface area contributed by atoms with E-state index in [4.69, 9.17) is 9.47 Å². The molecule has 0 aliphatic carbocycles. The highest BCUT2D eigenvalue weighted by Crippen LogP contribution is 2.15. The Bertz CT molecular complexity index is 874.